The first-order valence-electron chi connectivity index (χ1n) is 7.58. The van der Waals surface area contributed by atoms with E-state index in [1.54, 1.807) is 0 Å². The lowest BCUT2D eigenvalue weighted by Gasteiger charge is -2.48. The standard InChI is InChI=1S/C16H29N3/c1-15(2,3)14-7-5-6-9-16(14,17)10-8-13-11-18-19(4)12-13/h11-12,14H,5-10,17H2,1-4H3. The van der Waals surface area contributed by atoms with Gasteiger partial charge in [0.1, 0.15) is 0 Å². The zero-order valence-electron chi connectivity index (χ0n) is 12.9. The lowest BCUT2D eigenvalue weighted by Crippen LogP contribution is -2.54. The fourth-order valence-electron chi connectivity index (χ4n) is 3.84. The van der Waals surface area contributed by atoms with Gasteiger partial charge in [0.25, 0.3) is 0 Å². The summed E-state index contributed by atoms with van der Waals surface area (Å²) in [6.07, 6.45) is 11.3. The first-order chi connectivity index (χ1) is 8.81. The van der Waals surface area contributed by atoms with Crippen molar-refractivity contribution < 1.29 is 0 Å². The Hall–Kier alpha value is -0.830. The van der Waals surface area contributed by atoms with E-state index in [1.165, 1.54) is 31.2 Å². The van der Waals surface area contributed by atoms with Crippen LogP contribution in [0.2, 0.25) is 0 Å². The molecule has 19 heavy (non-hydrogen) atoms. The fraction of sp³-hybridized carbons (Fsp3) is 0.812. The predicted octanol–water partition coefficient (Wildman–Crippen LogP) is 3.29. The summed E-state index contributed by atoms with van der Waals surface area (Å²) < 4.78 is 1.88. The molecule has 0 radical (unpaired) electrons. The van der Waals surface area contributed by atoms with Crippen molar-refractivity contribution in [2.45, 2.75) is 64.8 Å². The average molecular weight is 263 g/mol. The molecule has 1 aromatic heterocycles. The van der Waals surface area contributed by atoms with Crippen LogP contribution in [0.4, 0.5) is 0 Å². The van der Waals surface area contributed by atoms with Gasteiger partial charge in [0.05, 0.1) is 6.20 Å². The molecule has 0 bridgehead atoms. The van der Waals surface area contributed by atoms with E-state index in [4.69, 9.17) is 5.73 Å². The molecule has 2 atom stereocenters. The van der Waals surface area contributed by atoms with E-state index in [2.05, 4.69) is 32.1 Å². The zero-order chi connectivity index (χ0) is 14.1. The summed E-state index contributed by atoms with van der Waals surface area (Å²) in [5.74, 6) is 0.630. The molecule has 1 aliphatic carbocycles. The van der Waals surface area contributed by atoms with E-state index in [1.807, 2.05) is 17.9 Å². The summed E-state index contributed by atoms with van der Waals surface area (Å²) in [5, 5.41) is 4.25. The largest absolute Gasteiger partial charge is 0.325 e. The van der Waals surface area contributed by atoms with Gasteiger partial charge in [-0.3, -0.25) is 4.68 Å². The Morgan fingerprint density at radius 1 is 1.42 bits per heavy atom. The topological polar surface area (TPSA) is 43.8 Å². The molecule has 0 aliphatic heterocycles. The van der Waals surface area contributed by atoms with Crippen molar-refractivity contribution >= 4 is 0 Å². The molecular weight excluding hydrogens is 234 g/mol. The molecule has 0 spiro atoms. The van der Waals surface area contributed by atoms with E-state index >= 15 is 0 Å². The van der Waals surface area contributed by atoms with Crippen molar-refractivity contribution in [2.24, 2.45) is 24.1 Å². The molecule has 3 nitrogen and oxygen atoms in total. The molecule has 0 amide bonds. The molecule has 0 saturated heterocycles. The van der Waals surface area contributed by atoms with Gasteiger partial charge in [-0.25, -0.2) is 0 Å². The molecule has 0 aromatic carbocycles. The molecule has 108 valence electrons. The third kappa shape index (κ3) is 3.38. The third-order valence-corrected chi connectivity index (χ3v) is 4.76. The van der Waals surface area contributed by atoms with Gasteiger partial charge in [0.15, 0.2) is 0 Å². The van der Waals surface area contributed by atoms with Gasteiger partial charge in [0, 0.05) is 18.8 Å². The number of hydrogen-bond donors (Lipinski definition) is 1. The van der Waals surface area contributed by atoms with E-state index in [9.17, 15) is 0 Å². The second-order valence-corrected chi connectivity index (χ2v) is 7.42. The monoisotopic (exact) mass is 263 g/mol. The zero-order valence-corrected chi connectivity index (χ0v) is 12.9. The lowest BCUT2D eigenvalue weighted by atomic mass is 9.61. The first kappa shape index (κ1) is 14.6. The number of nitrogens with zero attached hydrogens (tertiary/aromatic N) is 2. The van der Waals surface area contributed by atoms with Gasteiger partial charge in [-0.1, -0.05) is 33.6 Å². The van der Waals surface area contributed by atoms with Gasteiger partial charge >= 0.3 is 0 Å². The van der Waals surface area contributed by atoms with Crippen LogP contribution < -0.4 is 5.73 Å². The smallest absolute Gasteiger partial charge is 0.0521 e. The summed E-state index contributed by atoms with van der Waals surface area (Å²) in [5.41, 5.74) is 8.44. The van der Waals surface area contributed by atoms with Crippen LogP contribution in [0.1, 0.15) is 58.4 Å². The Kier molecular flexibility index (Phi) is 4.05. The number of nitrogens with two attached hydrogens (primary N) is 1. The maximum absolute atomic E-state index is 6.82. The third-order valence-electron chi connectivity index (χ3n) is 4.76. The molecular formula is C16H29N3. The van der Waals surface area contributed by atoms with Crippen LogP contribution in [-0.2, 0) is 13.5 Å². The highest BCUT2D eigenvalue weighted by Crippen LogP contribution is 2.44. The van der Waals surface area contributed by atoms with Crippen molar-refractivity contribution in [3.8, 4) is 0 Å². The molecule has 2 rings (SSSR count). The minimum Gasteiger partial charge on any atom is -0.325 e. The Bertz CT molecular complexity index is 416. The van der Waals surface area contributed by atoms with Gasteiger partial charge in [-0.15, -0.1) is 0 Å². The van der Waals surface area contributed by atoms with Crippen molar-refractivity contribution in [1.82, 2.24) is 9.78 Å². The highest BCUT2D eigenvalue weighted by atomic mass is 15.2. The first-order valence-corrected chi connectivity index (χ1v) is 7.58. The summed E-state index contributed by atoms with van der Waals surface area (Å²) >= 11 is 0. The van der Waals surface area contributed by atoms with Crippen LogP contribution >= 0.6 is 0 Å². The van der Waals surface area contributed by atoms with Gasteiger partial charge in [0.2, 0.25) is 0 Å². The molecule has 2 unspecified atom stereocenters. The second-order valence-electron chi connectivity index (χ2n) is 7.42. The second kappa shape index (κ2) is 5.28. The van der Waals surface area contributed by atoms with Gasteiger partial charge in [-0.2, -0.15) is 5.10 Å². The minimum absolute atomic E-state index is 0.00629. The van der Waals surface area contributed by atoms with E-state index in [-0.39, 0.29) is 5.54 Å². The summed E-state index contributed by atoms with van der Waals surface area (Å²) in [6.45, 7) is 7.03. The molecule has 1 heterocycles. The van der Waals surface area contributed by atoms with Crippen molar-refractivity contribution in [3.05, 3.63) is 18.0 Å². The van der Waals surface area contributed by atoms with E-state index < -0.39 is 0 Å². The molecule has 2 N–H and O–H groups in total. The minimum atomic E-state index is 0.00629. The van der Waals surface area contributed by atoms with Crippen molar-refractivity contribution in [2.75, 3.05) is 0 Å². The van der Waals surface area contributed by atoms with Crippen molar-refractivity contribution in [1.29, 1.82) is 0 Å². The summed E-state index contributed by atoms with van der Waals surface area (Å²) in [6, 6.07) is 0. The molecule has 1 saturated carbocycles. The molecule has 3 heteroatoms. The number of rotatable bonds is 3. The highest BCUT2D eigenvalue weighted by molar-refractivity contribution is 5.07. The van der Waals surface area contributed by atoms with Gasteiger partial charge < -0.3 is 5.73 Å². The summed E-state index contributed by atoms with van der Waals surface area (Å²) in [7, 11) is 1.97. The molecule has 1 aliphatic rings. The number of aryl methyl sites for hydroxylation is 2. The van der Waals surface area contributed by atoms with Crippen LogP contribution in [-0.4, -0.2) is 15.3 Å². The van der Waals surface area contributed by atoms with Crippen LogP contribution in [0, 0.1) is 11.3 Å². The predicted molar refractivity (Wildman–Crippen MR) is 79.9 cm³/mol. The van der Waals surface area contributed by atoms with Crippen molar-refractivity contribution in [3.63, 3.8) is 0 Å². The van der Waals surface area contributed by atoms with Gasteiger partial charge in [-0.05, 0) is 42.6 Å². The van der Waals surface area contributed by atoms with Crippen LogP contribution in [0.3, 0.4) is 0 Å². The fourth-order valence-corrected chi connectivity index (χ4v) is 3.84. The van der Waals surface area contributed by atoms with E-state index in [0.29, 0.717) is 11.3 Å². The van der Waals surface area contributed by atoms with Crippen LogP contribution in [0.15, 0.2) is 12.4 Å². The average Bonchev–Trinajstić information content (AvgIpc) is 2.72. The van der Waals surface area contributed by atoms with E-state index in [0.717, 1.165) is 12.8 Å². The Labute approximate surface area is 117 Å². The van der Waals surface area contributed by atoms with Crippen LogP contribution in [0.5, 0.6) is 0 Å². The Morgan fingerprint density at radius 3 is 2.74 bits per heavy atom. The Balaban J connectivity index is 2.06. The quantitative estimate of drug-likeness (QED) is 0.909. The lowest BCUT2D eigenvalue weighted by molar-refractivity contribution is 0.0732. The molecule has 1 fully saturated rings. The Morgan fingerprint density at radius 2 is 2.16 bits per heavy atom. The number of hydrogen-bond acceptors (Lipinski definition) is 2. The summed E-state index contributed by atoms with van der Waals surface area (Å²) in [4.78, 5) is 0. The molecule has 1 aromatic rings. The van der Waals surface area contributed by atoms with Crippen LogP contribution in [0.25, 0.3) is 0 Å². The normalized spacial score (nSPS) is 28.6. The number of aromatic nitrogens is 2. The maximum atomic E-state index is 6.82. The highest BCUT2D eigenvalue weighted by Gasteiger charge is 2.42. The maximum Gasteiger partial charge on any atom is 0.0521 e. The SMILES string of the molecule is Cn1cc(CCC2(N)CCCCC2C(C)(C)C)cn1.